The molecule has 0 aliphatic heterocycles. The number of hydrogen-bond acceptors (Lipinski definition) is 4. The highest BCUT2D eigenvalue weighted by Crippen LogP contribution is 2.41. The van der Waals surface area contributed by atoms with Gasteiger partial charge in [-0.3, -0.25) is 4.79 Å². The van der Waals surface area contributed by atoms with Gasteiger partial charge >= 0.3 is 0 Å². The Morgan fingerprint density at radius 3 is 2.93 bits per heavy atom. The normalized spacial score (nSPS) is 10.6. The van der Waals surface area contributed by atoms with Crippen LogP contribution in [0.2, 0.25) is 0 Å². The molecule has 6 nitrogen and oxygen atoms in total. The summed E-state index contributed by atoms with van der Waals surface area (Å²) in [6, 6.07) is 6.79. The van der Waals surface area contributed by atoms with E-state index in [1.54, 1.807) is 23.7 Å². The third-order valence-electron chi connectivity index (χ3n) is 4.24. The number of rotatable bonds is 4. The lowest BCUT2D eigenvalue weighted by Crippen LogP contribution is -2.19. The molecule has 27 heavy (non-hydrogen) atoms. The van der Waals surface area contributed by atoms with E-state index in [-0.39, 0.29) is 18.3 Å². The van der Waals surface area contributed by atoms with Crippen molar-refractivity contribution in [2.45, 2.75) is 6.54 Å². The van der Waals surface area contributed by atoms with E-state index in [1.165, 1.54) is 12.3 Å². The number of carbonyl (C=O) groups is 1. The monoisotopic (exact) mass is 427 g/mol. The van der Waals surface area contributed by atoms with Crippen molar-refractivity contribution in [3.05, 3.63) is 58.5 Å². The minimum absolute atomic E-state index is 0.188. The molecule has 0 fully saturated rings. The summed E-state index contributed by atoms with van der Waals surface area (Å²) in [7, 11) is 1.74. The van der Waals surface area contributed by atoms with Gasteiger partial charge in [0.25, 0.3) is 0 Å². The van der Waals surface area contributed by atoms with Gasteiger partial charge in [0.05, 0.1) is 26.6 Å². The maximum absolute atomic E-state index is 14.8. The summed E-state index contributed by atoms with van der Waals surface area (Å²) in [5.74, 6) is -0.540. The molecule has 0 unspecified atom stereocenters. The fraction of sp³-hybridized carbons (Fsp3) is 0.105. The molecule has 0 aliphatic rings. The van der Waals surface area contributed by atoms with Crippen LogP contribution in [0.25, 0.3) is 22.2 Å². The molecule has 0 spiro atoms. The fourth-order valence-electron chi connectivity index (χ4n) is 2.96. The Kier molecular flexibility index (Phi) is 4.97. The number of nitrogens with one attached hydrogen (secondary N) is 1. The molecule has 3 aromatic rings. The van der Waals surface area contributed by atoms with E-state index in [4.69, 9.17) is 5.73 Å². The largest absolute Gasteiger partial charge is 0.383 e. The molecule has 2 aromatic heterocycles. The van der Waals surface area contributed by atoms with E-state index in [0.717, 1.165) is 6.08 Å². The van der Waals surface area contributed by atoms with Crippen LogP contribution < -0.4 is 11.1 Å². The van der Waals surface area contributed by atoms with E-state index in [1.807, 2.05) is 0 Å². The second kappa shape index (κ2) is 7.21. The minimum Gasteiger partial charge on any atom is -0.383 e. The van der Waals surface area contributed by atoms with Crippen molar-refractivity contribution in [1.82, 2.24) is 14.9 Å². The number of hydrogen-bond donors (Lipinski definition) is 2. The number of aromatic nitrogens is 2. The Balaban J connectivity index is 2.13. The smallest absolute Gasteiger partial charge is 0.243 e. The number of amides is 1. The molecule has 0 saturated heterocycles. The van der Waals surface area contributed by atoms with Gasteiger partial charge in [-0.1, -0.05) is 12.6 Å². The number of pyridine rings is 1. The van der Waals surface area contributed by atoms with Gasteiger partial charge in [0.15, 0.2) is 0 Å². The Bertz CT molecular complexity index is 1130. The lowest BCUT2D eigenvalue weighted by atomic mass is 10.1. The van der Waals surface area contributed by atoms with Crippen LogP contribution in [-0.4, -0.2) is 15.5 Å². The maximum Gasteiger partial charge on any atom is 0.243 e. The third-order valence-corrected chi connectivity index (χ3v) is 5.01. The van der Waals surface area contributed by atoms with Gasteiger partial charge in [-0.2, -0.15) is 5.26 Å². The zero-order chi connectivity index (χ0) is 19.7. The molecule has 0 atom stereocenters. The summed E-state index contributed by atoms with van der Waals surface area (Å²) in [4.78, 5) is 15.3. The molecule has 136 valence electrons. The highest BCUT2D eigenvalue weighted by atomic mass is 79.9. The van der Waals surface area contributed by atoms with Crippen molar-refractivity contribution >= 4 is 38.6 Å². The van der Waals surface area contributed by atoms with Crippen LogP contribution in [0.1, 0.15) is 11.1 Å². The van der Waals surface area contributed by atoms with E-state index >= 15 is 0 Å². The maximum atomic E-state index is 14.8. The van der Waals surface area contributed by atoms with Crippen molar-refractivity contribution in [2.75, 3.05) is 5.73 Å². The Labute approximate surface area is 163 Å². The van der Waals surface area contributed by atoms with Gasteiger partial charge < -0.3 is 15.6 Å². The van der Waals surface area contributed by atoms with Crippen LogP contribution >= 0.6 is 15.9 Å². The van der Waals surface area contributed by atoms with E-state index in [2.05, 4.69) is 38.9 Å². The quantitative estimate of drug-likeness (QED) is 0.623. The molecule has 3 rings (SSSR count). The predicted octanol–water partition coefficient (Wildman–Crippen LogP) is 3.40. The van der Waals surface area contributed by atoms with Gasteiger partial charge in [-0.25, -0.2) is 9.37 Å². The molecule has 2 heterocycles. The second-order valence-corrected chi connectivity index (χ2v) is 6.64. The van der Waals surface area contributed by atoms with E-state index in [9.17, 15) is 14.4 Å². The van der Waals surface area contributed by atoms with Crippen LogP contribution in [-0.2, 0) is 18.4 Å². The van der Waals surface area contributed by atoms with Crippen molar-refractivity contribution < 1.29 is 9.18 Å². The Morgan fingerprint density at radius 1 is 1.56 bits per heavy atom. The first-order valence-corrected chi connectivity index (χ1v) is 8.69. The van der Waals surface area contributed by atoms with Crippen LogP contribution in [0.15, 0.2) is 41.5 Å². The number of benzene rings is 1. The average molecular weight is 428 g/mol. The zero-order valence-corrected chi connectivity index (χ0v) is 16.0. The molecular formula is C19H15BrFN5O. The van der Waals surface area contributed by atoms with Crippen molar-refractivity contribution in [3.8, 4) is 17.3 Å². The number of fused-ring (bicyclic) bond motifs is 1. The lowest BCUT2D eigenvalue weighted by Gasteiger charge is -2.09. The first-order valence-electron chi connectivity index (χ1n) is 7.90. The number of carbonyl (C=O) groups excluding carboxylic acids is 1. The molecule has 1 aromatic carbocycles. The molecule has 0 aliphatic carbocycles. The zero-order valence-electron chi connectivity index (χ0n) is 14.4. The third kappa shape index (κ3) is 3.17. The number of nitrogens with zero attached hydrogens (tertiary/aromatic N) is 3. The summed E-state index contributed by atoms with van der Waals surface area (Å²) >= 11 is 3.48. The summed E-state index contributed by atoms with van der Waals surface area (Å²) in [6.45, 7) is 3.56. The van der Waals surface area contributed by atoms with Crippen LogP contribution in [0.5, 0.6) is 0 Å². The highest BCUT2D eigenvalue weighted by Gasteiger charge is 2.22. The number of anilines is 1. The van der Waals surface area contributed by atoms with Gasteiger partial charge in [-0.15, -0.1) is 0 Å². The van der Waals surface area contributed by atoms with Crippen molar-refractivity contribution in [3.63, 3.8) is 0 Å². The lowest BCUT2D eigenvalue weighted by molar-refractivity contribution is -0.116. The second-order valence-electron chi connectivity index (χ2n) is 5.85. The molecule has 0 radical (unpaired) electrons. The molecule has 0 bridgehead atoms. The highest BCUT2D eigenvalue weighted by molar-refractivity contribution is 9.10. The van der Waals surface area contributed by atoms with Gasteiger partial charge in [0, 0.05) is 25.4 Å². The standard InChI is InChI=1S/C19H15BrFN5O/c1-3-14(27)24-8-10-4-5-12(13(21)6-10)18-16(20)15-17(26(18)2)11(7-22)9-25-19(15)23/h3-6,9H,1,8H2,2H3,(H2,23,25)(H,24,27). The SMILES string of the molecule is C=CC(=O)NCc1ccc(-c2c(Br)c3c(N)ncc(C#N)c3n2C)c(F)c1. The number of nitrogens with two attached hydrogens (primary N) is 1. The Morgan fingerprint density at radius 2 is 2.30 bits per heavy atom. The molecule has 1 amide bonds. The van der Waals surface area contributed by atoms with Crippen molar-refractivity contribution in [2.24, 2.45) is 7.05 Å². The minimum atomic E-state index is -0.461. The molecule has 0 saturated carbocycles. The number of halogens is 2. The predicted molar refractivity (Wildman–Crippen MR) is 105 cm³/mol. The summed E-state index contributed by atoms with van der Waals surface area (Å²) in [6.07, 6.45) is 2.55. The summed E-state index contributed by atoms with van der Waals surface area (Å²) < 4.78 is 17.1. The van der Waals surface area contributed by atoms with Crippen LogP contribution in [0, 0.1) is 17.1 Å². The van der Waals surface area contributed by atoms with Crippen molar-refractivity contribution in [1.29, 1.82) is 5.26 Å². The first-order chi connectivity index (χ1) is 12.9. The molecule has 8 heteroatoms. The van der Waals surface area contributed by atoms with Gasteiger partial charge in [0.2, 0.25) is 5.91 Å². The molecule has 3 N–H and O–H groups in total. The fourth-order valence-corrected chi connectivity index (χ4v) is 3.83. The number of aryl methyl sites for hydroxylation is 1. The first kappa shape index (κ1) is 18.6. The van der Waals surface area contributed by atoms with Gasteiger partial charge in [0.1, 0.15) is 17.7 Å². The number of nitriles is 1. The Hall–Kier alpha value is -3.18. The summed E-state index contributed by atoms with van der Waals surface area (Å²) in [5, 5.41) is 12.5. The number of nitrogen functional groups attached to an aromatic ring is 1. The van der Waals surface area contributed by atoms with E-state index in [0.29, 0.717) is 37.8 Å². The van der Waals surface area contributed by atoms with Gasteiger partial charge in [-0.05, 0) is 39.7 Å². The average Bonchev–Trinajstić information content (AvgIpc) is 2.92. The van der Waals surface area contributed by atoms with E-state index < -0.39 is 5.82 Å². The topological polar surface area (TPSA) is 96.7 Å². The van der Waals surface area contributed by atoms with Crippen LogP contribution in [0.3, 0.4) is 0 Å². The molecular weight excluding hydrogens is 413 g/mol. The van der Waals surface area contributed by atoms with Crippen LogP contribution in [0.4, 0.5) is 10.2 Å². The summed E-state index contributed by atoms with van der Waals surface area (Å²) in [5.41, 5.74) is 8.39.